The molecule has 0 radical (unpaired) electrons. The summed E-state index contributed by atoms with van der Waals surface area (Å²) in [6, 6.07) is 13.8. The van der Waals surface area contributed by atoms with Crippen LogP contribution in [-0.4, -0.2) is 18.1 Å². The molecule has 0 atom stereocenters. The highest BCUT2D eigenvalue weighted by Gasteiger charge is 2.07. The minimum Gasteiger partial charge on any atom is -0.427 e. The fourth-order valence-electron chi connectivity index (χ4n) is 1.66. The van der Waals surface area contributed by atoms with E-state index >= 15 is 0 Å². The van der Waals surface area contributed by atoms with Gasteiger partial charge in [0.2, 0.25) is 0 Å². The SMILES string of the molecule is CC(=O)Oc1ccc(/C=N\NC(=O)c2ccccc2Br)cc1. The molecule has 0 aliphatic rings. The minimum absolute atomic E-state index is 0.305. The molecule has 0 unspecified atom stereocenters. The summed E-state index contributed by atoms with van der Waals surface area (Å²) in [5.74, 6) is -0.218. The van der Waals surface area contributed by atoms with Gasteiger partial charge in [-0.05, 0) is 57.9 Å². The van der Waals surface area contributed by atoms with Crippen LogP contribution in [0, 0.1) is 0 Å². The molecular weight excluding hydrogens is 348 g/mol. The largest absolute Gasteiger partial charge is 0.427 e. The Morgan fingerprint density at radius 1 is 1.14 bits per heavy atom. The van der Waals surface area contributed by atoms with E-state index in [4.69, 9.17) is 4.74 Å². The first-order valence-electron chi connectivity index (χ1n) is 6.42. The summed E-state index contributed by atoms with van der Waals surface area (Å²) < 4.78 is 5.63. The van der Waals surface area contributed by atoms with Crippen LogP contribution in [0.3, 0.4) is 0 Å². The van der Waals surface area contributed by atoms with E-state index in [1.165, 1.54) is 13.1 Å². The molecule has 0 spiro atoms. The van der Waals surface area contributed by atoms with Crippen molar-refractivity contribution in [1.82, 2.24) is 5.43 Å². The smallest absolute Gasteiger partial charge is 0.308 e. The predicted molar refractivity (Wildman–Crippen MR) is 87.0 cm³/mol. The maximum atomic E-state index is 11.9. The molecule has 1 N–H and O–H groups in total. The monoisotopic (exact) mass is 360 g/mol. The van der Waals surface area contributed by atoms with Gasteiger partial charge in [-0.25, -0.2) is 5.43 Å². The van der Waals surface area contributed by atoms with Gasteiger partial charge < -0.3 is 4.74 Å². The van der Waals surface area contributed by atoms with Gasteiger partial charge in [0.05, 0.1) is 11.8 Å². The molecule has 0 fully saturated rings. The molecule has 2 aromatic rings. The molecule has 22 heavy (non-hydrogen) atoms. The predicted octanol–water partition coefficient (Wildman–Crippen LogP) is 3.14. The van der Waals surface area contributed by atoms with Crippen LogP contribution in [0.15, 0.2) is 58.1 Å². The van der Waals surface area contributed by atoms with Crippen LogP contribution in [0.1, 0.15) is 22.8 Å². The van der Waals surface area contributed by atoms with Crippen molar-refractivity contribution in [3.8, 4) is 5.75 Å². The average Bonchev–Trinajstić information content (AvgIpc) is 2.49. The van der Waals surface area contributed by atoms with Crippen molar-refractivity contribution in [1.29, 1.82) is 0 Å². The first kappa shape index (κ1) is 15.9. The van der Waals surface area contributed by atoms with Crippen LogP contribution < -0.4 is 10.2 Å². The average molecular weight is 361 g/mol. The highest BCUT2D eigenvalue weighted by Crippen LogP contribution is 2.15. The van der Waals surface area contributed by atoms with E-state index in [1.54, 1.807) is 42.5 Å². The minimum atomic E-state index is -0.373. The topological polar surface area (TPSA) is 67.8 Å². The number of nitrogens with one attached hydrogen (secondary N) is 1. The third-order valence-electron chi connectivity index (χ3n) is 2.64. The molecule has 0 saturated carbocycles. The molecule has 0 saturated heterocycles. The summed E-state index contributed by atoms with van der Waals surface area (Å²) in [6.07, 6.45) is 1.51. The molecule has 0 aromatic heterocycles. The summed E-state index contributed by atoms with van der Waals surface area (Å²) in [5.41, 5.74) is 3.72. The Morgan fingerprint density at radius 2 is 1.82 bits per heavy atom. The molecule has 0 aliphatic heterocycles. The Labute approximate surface area is 136 Å². The Hall–Kier alpha value is -2.47. The Kier molecular flexibility index (Phi) is 5.43. The quantitative estimate of drug-likeness (QED) is 0.394. The summed E-state index contributed by atoms with van der Waals surface area (Å²) in [6.45, 7) is 1.34. The summed E-state index contributed by atoms with van der Waals surface area (Å²) in [7, 11) is 0. The lowest BCUT2D eigenvalue weighted by molar-refractivity contribution is -0.131. The number of hydrazone groups is 1. The lowest BCUT2D eigenvalue weighted by atomic mass is 10.2. The van der Waals surface area contributed by atoms with E-state index in [1.807, 2.05) is 6.07 Å². The van der Waals surface area contributed by atoms with Crippen molar-refractivity contribution in [2.75, 3.05) is 0 Å². The Morgan fingerprint density at radius 3 is 2.45 bits per heavy atom. The molecule has 5 nitrogen and oxygen atoms in total. The zero-order valence-electron chi connectivity index (χ0n) is 11.7. The number of rotatable bonds is 4. The van der Waals surface area contributed by atoms with Crippen LogP contribution in [0.5, 0.6) is 5.75 Å². The number of hydrogen-bond acceptors (Lipinski definition) is 4. The molecule has 6 heteroatoms. The summed E-state index contributed by atoms with van der Waals surface area (Å²) >= 11 is 3.31. The highest BCUT2D eigenvalue weighted by atomic mass is 79.9. The molecule has 2 rings (SSSR count). The van der Waals surface area contributed by atoms with E-state index < -0.39 is 0 Å². The molecule has 112 valence electrons. The van der Waals surface area contributed by atoms with Gasteiger partial charge in [-0.3, -0.25) is 9.59 Å². The van der Waals surface area contributed by atoms with Crippen molar-refractivity contribution in [2.45, 2.75) is 6.92 Å². The van der Waals surface area contributed by atoms with E-state index in [-0.39, 0.29) is 11.9 Å². The Balaban J connectivity index is 1.96. The zero-order chi connectivity index (χ0) is 15.9. The van der Waals surface area contributed by atoms with Gasteiger partial charge in [-0.2, -0.15) is 5.10 Å². The number of ether oxygens (including phenoxy) is 1. The number of amides is 1. The van der Waals surface area contributed by atoms with Gasteiger partial charge >= 0.3 is 5.97 Å². The number of benzene rings is 2. The second-order valence-electron chi connectivity index (χ2n) is 4.34. The fraction of sp³-hybridized carbons (Fsp3) is 0.0625. The first-order chi connectivity index (χ1) is 10.6. The normalized spacial score (nSPS) is 10.5. The fourth-order valence-corrected chi connectivity index (χ4v) is 2.12. The highest BCUT2D eigenvalue weighted by molar-refractivity contribution is 9.10. The van der Waals surface area contributed by atoms with Crippen molar-refractivity contribution in [2.24, 2.45) is 5.10 Å². The lowest BCUT2D eigenvalue weighted by Gasteiger charge is -2.02. The van der Waals surface area contributed by atoms with Crippen LogP contribution in [-0.2, 0) is 4.79 Å². The zero-order valence-corrected chi connectivity index (χ0v) is 13.3. The summed E-state index contributed by atoms with van der Waals surface area (Å²) in [5, 5.41) is 3.90. The maximum Gasteiger partial charge on any atom is 0.308 e. The van der Waals surface area contributed by atoms with E-state index in [9.17, 15) is 9.59 Å². The van der Waals surface area contributed by atoms with Crippen molar-refractivity contribution in [3.63, 3.8) is 0 Å². The summed E-state index contributed by atoms with van der Waals surface area (Å²) in [4.78, 5) is 22.7. The number of carbonyl (C=O) groups is 2. The van der Waals surface area contributed by atoms with Crippen molar-refractivity contribution < 1.29 is 14.3 Å². The number of esters is 1. The van der Waals surface area contributed by atoms with Gasteiger partial charge in [0.15, 0.2) is 0 Å². The number of carbonyl (C=O) groups excluding carboxylic acids is 2. The van der Waals surface area contributed by atoms with E-state index in [0.717, 1.165) is 5.56 Å². The molecule has 1 amide bonds. The Bertz CT molecular complexity index is 712. The van der Waals surface area contributed by atoms with Crippen LogP contribution in [0.25, 0.3) is 0 Å². The maximum absolute atomic E-state index is 11.9. The van der Waals surface area contributed by atoms with Gasteiger partial charge in [0, 0.05) is 11.4 Å². The molecular formula is C16H13BrN2O3. The standard InChI is InChI=1S/C16H13BrN2O3/c1-11(20)22-13-8-6-12(7-9-13)10-18-19-16(21)14-4-2-3-5-15(14)17/h2-10H,1H3,(H,19,21)/b18-10-. The van der Waals surface area contributed by atoms with Crippen LogP contribution in [0.4, 0.5) is 0 Å². The van der Waals surface area contributed by atoms with E-state index in [2.05, 4.69) is 26.5 Å². The second kappa shape index (κ2) is 7.51. The van der Waals surface area contributed by atoms with E-state index in [0.29, 0.717) is 15.8 Å². The number of halogens is 1. The molecule has 2 aromatic carbocycles. The van der Waals surface area contributed by atoms with Gasteiger partial charge in [0.25, 0.3) is 5.91 Å². The first-order valence-corrected chi connectivity index (χ1v) is 7.22. The van der Waals surface area contributed by atoms with Crippen molar-refractivity contribution >= 4 is 34.0 Å². The van der Waals surface area contributed by atoms with Gasteiger partial charge in [-0.1, -0.05) is 12.1 Å². The van der Waals surface area contributed by atoms with Gasteiger partial charge in [0.1, 0.15) is 5.75 Å². The van der Waals surface area contributed by atoms with Crippen LogP contribution in [0.2, 0.25) is 0 Å². The molecule has 0 aliphatic carbocycles. The van der Waals surface area contributed by atoms with Crippen LogP contribution >= 0.6 is 15.9 Å². The van der Waals surface area contributed by atoms with Crippen molar-refractivity contribution in [3.05, 3.63) is 64.1 Å². The molecule has 0 bridgehead atoms. The molecule has 0 heterocycles. The third kappa shape index (κ3) is 4.53. The number of hydrogen-bond donors (Lipinski definition) is 1. The number of nitrogens with zero attached hydrogens (tertiary/aromatic N) is 1. The third-order valence-corrected chi connectivity index (χ3v) is 3.33. The lowest BCUT2D eigenvalue weighted by Crippen LogP contribution is -2.18. The van der Waals surface area contributed by atoms with Gasteiger partial charge in [-0.15, -0.1) is 0 Å². The second-order valence-corrected chi connectivity index (χ2v) is 5.20.